The molecule has 2 aromatic heterocycles. The number of hydrogen-bond acceptors (Lipinski definition) is 3. The van der Waals surface area contributed by atoms with Crippen molar-refractivity contribution in [3.8, 4) is 11.1 Å². The molecule has 0 saturated carbocycles. The van der Waals surface area contributed by atoms with Gasteiger partial charge in [0, 0.05) is 38.3 Å². The summed E-state index contributed by atoms with van der Waals surface area (Å²) in [4.78, 5) is 4.43. The molecule has 0 spiro atoms. The summed E-state index contributed by atoms with van der Waals surface area (Å²) in [6.07, 6.45) is 4.75. The van der Waals surface area contributed by atoms with Gasteiger partial charge < -0.3 is 9.88 Å². The Morgan fingerprint density at radius 2 is 2.10 bits per heavy atom. The van der Waals surface area contributed by atoms with Crippen molar-refractivity contribution in [1.29, 1.82) is 0 Å². The lowest BCUT2D eigenvalue weighted by Crippen LogP contribution is -2.13. The zero-order chi connectivity index (χ0) is 14.1. The molecule has 0 aliphatic rings. The van der Waals surface area contributed by atoms with Gasteiger partial charge in [0.05, 0.1) is 23.6 Å². The molecule has 104 valence electrons. The highest BCUT2D eigenvalue weighted by atomic mass is 15.3. The molecule has 3 rings (SSSR count). The standard InChI is InChI=1S/C15H19N5/c1-16-7-6-14-12(9-18-20(14)3)11-4-5-15-13(8-11)17-10-19(15)2/h4-5,8-10,16H,6-7H2,1-3H3. The third-order valence-electron chi connectivity index (χ3n) is 3.71. The van der Waals surface area contributed by atoms with E-state index >= 15 is 0 Å². The summed E-state index contributed by atoms with van der Waals surface area (Å²) >= 11 is 0. The van der Waals surface area contributed by atoms with Crippen molar-refractivity contribution in [3.05, 3.63) is 36.4 Å². The molecule has 20 heavy (non-hydrogen) atoms. The van der Waals surface area contributed by atoms with Crippen molar-refractivity contribution >= 4 is 11.0 Å². The van der Waals surface area contributed by atoms with Crippen molar-refractivity contribution in [3.63, 3.8) is 0 Å². The van der Waals surface area contributed by atoms with Crippen LogP contribution in [0.25, 0.3) is 22.2 Å². The molecule has 0 aliphatic carbocycles. The predicted molar refractivity (Wildman–Crippen MR) is 80.5 cm³/mol. The molecule has 0 unspecified atom stereocenters. The number of benzene rings is 1. The van der Waals surface area contributed by atoms with E-state index in [-0.39, 0.29) is 0 Å². The van der Waals surface area contributed by atoms with Gasteiger partial charge in [-0.05, 0) is 24.7 Å². The van der Waals surface area contributed by atoms with Crippen LogP contribution in [0.1, 0.15) is 5.69 Å². The highest BCUT2D eigenvalue weighted by Gasteiger charge is 2.11. The maximum atomic E-state index is 4.43. The topological polar surface area (TPSA) is 47.7 Å². The Bertz CT molecular complexity index is 738. The second kappa shape index (κ2) is 5.09. The zero-order valence-corrected chi connectivity index (χ0v) is 12.1. The van der Waals surface area contributed by atoms with E-state index in [0.717, 1.165) is 24.0 Å². The highest BCUT2D eigenvalue weighted by molar-refractivity contribution is 5.82. The molecule has 2 heterocycles. The van der Waals surface area contributed by atoms with E-state index in [1.165, 1.54) is 16.8 Å². The van der Waals surface area contributed by atoms with Crippen LogP contribution in [0.2, 0.25) is 0 Å². The molecule has 5 heteroatoms. The quantitative estimate of drug-likeness (QED) is 0.785. The molecular formula is C15H19N5. The summed E-state index contributed by atoms with van der Waals surface area (Å²) in [6, 6.07) is 6.39. The van der Waals surface area contributed by atoms with E-state index in [1.54, 1.807) is 0 Å². The molecule has 0 radical (unpaired) electrons. The maximum absolute atomic E-state index is 4.43. The smallest absolute Gasteiger partial charge is 0.0955 e. The monoisotopic (exact) mass is 269 g/mol. The van der Waals surface area contributed by atoms with Crippen molar-refractivity contribution in [1.82, 2.24) is 24.6 Å². The zero-order valence-electron chi connectivity index (χ0n) is 12.1. The first-order chi connectivity index (χ1) is 9.70. The minimum atomic E-state index is 0.943. The van der Waals surface area contributed by atoms with Crippen LogP contribution in [0.15, 0.2) is 30.7 Å². The van der Waals surface area contributed by atoms with E-state index < -0.39 is 0 Å². The van der Waals surface area contributed by atoms with E-state index in [1.807, 2.05) is 42.9 Å². The molecule has 1 aromatic carbocycles. The van der Waals surface area contributed by atoms with Gasteiger partial charge in [-0.2, -0.15) is 5.10 Å². The average Bonchev–Trinajstić information content (AvgIpc) is 3.00. The molecule has 0 saturated heterocycles. The van der Waals surface area contributed by atoms with Crippen molar-refractivity contribution in [2.24, 2.45) is 14.1 Å². The Labute approximate surface area is 118 Å². The lowest BCUT2D eigenvalue weighted by Gasteiger charge is -2.06. The Morgan fingerprint density at radius 3 is 2.90 bits per heavy atom. The molecular weight excluding hydrogens is 250 g/mol. The fourth-order valence-electron chi connectivity index (χ4n) is 2.55. The molecule has 0 atom stereocenters. The summed E-state index contributed by atoms with van der Waals surface area (Å²) < 4.78 is 3.99. The average molecular weight is 269 g/mol. The van der Waals surface area contributed by atoms with Crippen LogP contribution in [-0.4, -0.2) is 32.9 Å². The Balaban J connectivity index is 2.06. The predicted octanol–water partition coefficient (Wildman–Crippen LogP) is 1.74. The first kappa shape index (κ1) is 12.9. The minimum Gasteiger partial charge on any atom is -0.334 e. The van der Waals surface area contributed by atoms with Crippen LogP contribution in [0.4, 0.5) is 0 Å². The molecule has 0 bridgehead atoms. The van der Waals surface area contributed by atoms with E-state index in [9.17, 15) is 0 Å². The number of aryl methyl sites for hydroxylation is 2. The highest BCUT2D eigenvalue weighted by Crippen LogP contribution is 2.26. The van der Waals surface area contributed by atoms with Crippen molar-refractivity contribution in [2.45, 2.75) is 6.42 Å². The molecule has 3 aromatic rings. The van der Waals surface area contributed by atoms with Gasteiger partial charge in [0.15, 0.2) is 0 Å². The van der Waals surface area contributed by atoms with E-state index in [2.05, 4.69) is 33.6 Å². The number of imidazole rings is 1. The second-order valence-electron chi connectivity index (χ2n) is 5.04. The fourth-order valence-corrected chi connectivity index (χ4v) is 2.55. The summed E-state index contributed by atoms with van der Waals surface area (Å²) in [5.74, 6) is 0. The number of nitrogens with zero attached hydrogens (tertiary/aromatic N) is 4. The maximum Gasteiger partial charge on any atom is 0.0955 e. The largest absolute Gasteiger partial charge is 0.334 e. The summed E-state index contributed by atoms with van der Waals surface area (Å²) in [5, 5.41) is 7.58. The Morgan fingerprint density at radius 1 is 1.25 bits per heavy atom. The van der Waals surface area contributed by atoms with Gasteiger partial charge in [-0.15, -0.1) is 0 Å². The third kappa shape index (κ3) is 2.10. The van der Waals surface area contributed by atoms with Crippen LogP contribution < -0.4 is 5.32 Å². The lowest BCUT2D eigenvalue weighted by atomic mass is 10.0. The van der Waals surface area contributed by atoms with Gasteiger partial charge in [0.25, 0.3) is 0 Å². The van der Waals surface area contributed by atoms with Crippen LogP contribution in [0.3, 0.4) is 0 Å². The lowest BCUT2D eigenvalue weighted by molar-refractivity contribution is 0.682. The number of fused-ring (bicyclic) bond motifs is 1. The summed E-state index contributed by atoms with van der Waals surface area (Å²) in [6.45, 7) is 0.943. The first-order valence-corrected chi connectivity index (χ1v) is 6.77. The molecule has 0 amide bonds. The van der Waals surface area contributed by atoms with Gasteiger partial charge in [0.2, 0.25) is 0 Å². The van der Waals surface area contributed by atoms with Gasteiger partial charge in [-0.1, -0.05) is 6.07 Å². The third-order valence-corrected chi connectivity index (χ3v) is 3.71. The van der Waals surface area contributed by atoms with Crippen LogP contribution in [0.5, 0.6) is 0 Å². The van der Waals surface area contributed by atoms with E-state index in [4.69, 9.17) is 0 Å². The van der Waals surface area contributed by atoms with Crippen molar-refractivity contribution < 1.29 is 0 Å². The van der Waals surface area contributed by atoms with E-state index in [0.29, 0.717) is 0 Å². The van der Waals surface area contributed by atoms with Crippen LogP contribution in [0, 0.1) is 0 Å². The second-order valence-corrected chi connectivity index (χ2v) is 5.04. The summed E-state index contributed by atoms with van der Waals surface area (Å²) in [7, 11) is 5.97. The van der Waals surface area contributed by atoms with Crippen LogP contribution >= 0.6 is 0 Å². The molecule has 1 N–H and O–H groups in total. The first-order valence-electron chi connectivity index (χ1n) is 6.77. The summed E-state index contributed by atoms with van der Waals surface area (Å²) in [5.41, 5.74) is 5.78. The number of aromatic nitrogens is 4. The fraction of sp³-hybridized carbons (Fsp3) is 0.333. The van der Waals surface area contributed by atoms with Crippen molar-refractivity contribution in [2.75, 3.05) is 13.6 Å². The molecule has 0 fully saturated rings. The Kier molecular flexibility index (Phi) is 3.28. The Hall–Kier alpha value is -2.14. The minimum absolute atomic E-state index is 0.943. The van der Waals surface area contributed by atoms with Gasteiger partial charge in [-0.3, -0.25) is 4.68 Å². The SMILES string of the molecule is CNCCc1c(-c2ccc3c(c2)ncn3C)cnn1C. The number of rotatable bonds is 4. The van der Waals surface area contributed by atoms with Gasteiger partial charge in [-0.25, -0.2) is 4.98 Å². The normalized spacial score (nSPS) is 11.3. The number of hydrogen-bond donors (Lipinski definition) is 1. The number of likely N-dealkylation sites (N-methyl/N-ethyl adjacent to an activating group) is 1. The van der Waals surface area contributed by atoms with Gasteiger partial charge >= 0.3 is 0 Å². The molecule has 5 nitrogen and oxygen atoms in total. The van der Waals surface area contributed by atoms with Crippen LogP contribution in [-0.2, 0) is 20.5 Å². The molecule has 0 aliphatic heterocycles. The number of nitrogens with one attached hydrogen (secondary N) is 1. The van der Waals surface area contributed by atoms with Gasteiger partial charge in [0.1, 0.15) is 0 Å².